The van der Waals surface area contributed by atoms with Crippen LogP contribution in [0.15, 0.2) is 65.2 Å². The SMILES string of the molecule is CS(=O)(=O)N1CCC(NC(=O)c2cc(-c3ccccc3)on2)c2ccccc21. The first-order chi connectivity index (χ1) is 13.4. The van der Waals surface area contributed by atoms with Crippen LogP contribution in [-0.2, 0) is 10.0 Å². The van der Waals surface area contributed by atoms with Crippen LogP contribution in [0.25, 0.3) is 11.3 Å². The van der Waals surface area contributed by atoms with Crippen molar-refractivity contribution in [1.82, 2.24) is 10.5 Å². The molecule has 1 aliphatic heterocycles. The highest BCUT2D eigenvalue weighted by Crippen LogP contribution is 2.35. The van der Waals surface area contributed by atoms with E-state index in [1.165, 1.54) is 10.6 Å². The number of aromatic nitrogens is 1. The van der Waals surface area contributed by atoms with Gasteiger partial charge in [0.2, 0.25) is 10.0 Å². The molecule has 0 saturated heterocycles. The maximum atomic E-state index is 12.7. The molecule has 8 heteroatoms. The van der Waals surface area contributed by atoms with E-state index < -0.39 is 10.0 Å². The van der Waals surface area contributed by atoms with Gasteiger partial charge in [-0.15, -0.1) is 0 Å². The number of sulfonamides is 1. The van der Waals surface area contributed by atoms with Gasteiger partial charge in [0.15, 0.2) is 11.5 Å². The van der Waals surface area contributed by atoms with Gasteiger partial charge < -0.3 is 9.84 Å². The minimum absolute atomic E-state index is 0.182. The van der Waals surface area contributed by atoms with Crippen molar-refractivity contribution in [1.29, 1.82) is 0 Å². The zero-order valence-corrected chi connectivity index (χ0v) is 16.0. The summed E-state index contributed by atoms with van der Waals surface area (Å²) in [4.78, 5) is 12.7. The normalized spacial score (nSPS) is 16.5. The smallest absolute Gasteiger partial charge is 0.273 e. The highest BCUT2D eigenvalue weighted by atomic mass is 32.2. The fourth-order valence-corrected chi connectivity index (χ4v) is 4.34. The van der Waals surface area contributed by atoms with Crippen molar-refractivity contribution in [3.63, 3.8) is 0 Å². The number of rotatable bonds is 4. The van der Waals surface area contributed by atoms with Gasteiger partial charge in [-0.25, -0.2) is 8.42 Å². The van der Waals surface area contributed by atoms with Gasteiger partial charge in [-0.1, -0.05) is 53.7 Å². The molecule has 0 bridgehead atoms. The molecule has 2 aromatic carbocycles. The van der Waals surface area contributed by atoms with Crippen LogP contribution in [0.1, 0.15) is 28.5 Å². The summed E-state index contributed by atoms with van der Waals surface area (Å²) in [5.74, 6) is 0.150. The number of benzene rings is 2. The number of amides is 1. The van der Waals surface area contributed by atoms with Crippen molar-refractivity contribution in [3.05, 3.63) is 71.9 Å². The summed E-state index contributed by atoms with van der Waals surface area (Å²) in [6, 6.07) is 17.9. The molecular weight excluding hydrogens is 378 g/mol. The molecule has 0 spiro atoms. The monoisotopic (exact) mass is 397 g/mol. The zero-order chi connectivity index (χ0) is 19.7. The van der Waals surface area contributed by atoms with Gasteiger partial charge >= 0.3 is 0 Å². The van der Waals surface area contributed by atoms with Crippen LogP contribution in [-0.4, -0.2) is 32.3 Å². The lowest BCUT2D eigenvalue weighted by Crippen LogP contribution is -2.40. The fraction of sp³-hybridized carbons (Fsp3) is 0.200. The highest BCUT2D eigenvalue weighted by molar-refractivity contribution is 7.92. The molecule has 0 radical (unpaired) electrons. The van der Waals surface area contributed by atoms with E-state index in [1.807, 2.05) is 42.5 Å². The van der Waals surface area contributed by atoms with E-state index in [0.717, 1.165) is 11.1 Å². The number of fused-ring (bicyclic) bond motifs is 1. The van der Waals surface area contributed by atoms with Crippen molar-refractivity contribution in [2.45, 2.75) is 12.5 Å². The average molecular weight is 397 g/mol. The second kappa shape index (κ2) is 7.12. The van der Waals surface area contributed by atoms with Crippen LogP contribution in [0, 0.1) is 0 Å². The van der Waals surface area contributed by atoms with Crippen LogP contribution < -0.4 is 9.62 Å². The molecule has 7 nitrogen and oxygen atoms in total. The molecule has 3 aromatic rings. The van der Waals surface area contributed by atoms with Crippen molar-refractivity contribution in [3.8, 4) is 11.3 Å². The first kappa shape index (κ1) is 18.2. The number of anilines is 1. The molecule has 144 valence electrons. The van der Waals surface area contributed by atoms with Gasteiger partial charge in [0.05, 0.1) is 18.0 Å². The van der Waals surface area contributed by atoms with E-state index in [1.54, 1.807) is 18.2 Å². The molecule has 4 rings (SSSR count). The summed E-state index contributed by atoms with van der Waals surface area (Å²) in [5, 5.41) is 6.82. The average Bonchev–Trinajstić information content (AvgIpc) is 3.18. The van der Waals surface area contributed by atoms with Crippen molar-refractivity contribution in [2.24, 2.45) is 0 Å². The van der Waals surface area contributed by atoms with Gasteiger partial charge in [-0.05, 0) is 18.1 Å². The molecular formula is C20H19N3O4S. The Morgan fingerprint density at radius 3 is 2.61 bits per heavy atom. The molecule has 1 aliphatic rings. The molecule has 0 fully saturated rings. The summed E-state index contributed by atoms with van der Waals surface area (Å²) >= 11 is 0. The Bertz CT molecular complexity index is 1110. The number of hydrogen-bond acceptors (Lipinski definition) is 5. The van der Waals surface area contributed by atoms with Crippen molar-refractivity contribution >= 4 is 21.6 Å². The summed E-state index contributed by atoms with van der Waals surface area (Å²) in [6.07, 6.45) is 1.66. The lowest BCUT2D eigenvalue weighted by molar-refractivity contribution is 0.0925. The number of para-hydroxylation sites is 1. The maximum Gasteiger partial charge on any atom is 0.273 e. The summed E-state index contributed by atoms with van der Waals surface area (Å²) in [6.45, 7) is 0.300. The molecule has 1 unspecified atom stereocenters. The first-order valence-corrected chi connectivity index (χ1v) is 10.7. The van der Waals surface area contributed by atoms with Gasteiger partial charge in [0.25, 0.3) is 5.91 Å². The predicted molar refractivity (Wildman–Crippen MR) is 105 cm³/mol. The molecule has 0 saturated carbocycles. The molecule has 1 atom stereocenters. The number of hydrogen-bond donors (Lipinski definition) is 1. The summed E-state index contributed by atoms with van der Waals surface area (Å²) < 4.78 is 30.8. The highest BCUT2D eigenvalue weighted by Gasteiger charge is 2.31. The topological polar surface area (TPSA) is 92.5 Å². The minimum Gasteiger partial charge on any atom is -0.355 e. The Balaban J connectivity index is 1.56. The van der Waals surface area contributed by atoms with Crippen molar-refractivity contribution in [2.75, 3.05) is 17.1 Å². The first-order valence-electron chi connectivity index (χ1n) is 8.83. The number of nitrogens with zero attached hydrogens (tertiary/aromatic N) is 2. The van der Waals surface area contributed by atoms with Gasteiger partial charge in [0.1, 0.15) is 0 Å². The predicted octanol–water partition coefficient (Wildman–Crippen LogP) is 2.98. The Hall–Kier alpha value is -3.13. The van der Waals surface area contributed by atoms with E-state index in [9.17, 15) is 13.2 Å². The van der Waals surface area contributed by atoms with Gasteiger partial charge in [-0.3, -0.25) is 9.10 Å². The van der Waals surface area contributed by atoms with E-state index >= 15 is 0 Å². The van der Waals surface area contributed by atoms with Crippen LogP contribution in [0.5, 0.6) is 0 Å². The van der Waals surface area contributed by atoms with Crippen molar-refractivity contribution < 1.29 is 17.7 Å². The Morgan fingerprint density at radius 1 is 1.14 bits per heavy atom. The minimum atomic E-state index is -3.38. The van der Waals surface area contributed by atoms with Crippen LogP contribution >= 0.6 is 0 Å². The molecule has 2 heterocycles. The summed E-state index contributed by atoms with van der Waals surface area (Å²) in [7, 11) is -3.38. The Kier molecular flexibility index (Phi) is 4.64. The zero-order valence-electron chi connectivity index (χ0n) is 15.2. The third kappa shape index (κ3) is 3.50. The Morgan fingerprint density at radius 2 is 1.86 bits per heavy atom. The Labute approximate surface area is 163 Å². The third-order valence-electron chi connectivity index (χ3n) is 4.71. The molecule has 0 aliphatic carbocycles. The van der Waals surface area contributed by atoms with E-state index in [0.29, 0.717) is 24.4 Å². The second-order valence-electron chi connectivity index (χ2n) is 6.65. The standard InChI is InChI=1S/C20H19N3O4S/c1-28(25,26)23-12-11-16(15-9-5-6-10-18(15)23)21-20(24)17-13-19(27-22-17)14-7-3-2-4-8-14/h2-10,13,16H,11-12H2,1H3,(H,21,24). The van der Waals surface area contributed by atoms with E-state index in [4.69, 9.17) is 4.52 Å². The van der Waals surface area contributed by atoms with Crippen LogP contribution in [0.2, 0.25) is 0 Å². The number of carbonyl (C=O) groups is 1. The van der Waals surface area contributed by atoms with Gasteiger partial charge in [-0.2, -0.15) is 0 Å². The molecule has 1 aromatic heterocycles. The number of nitrogens with one attached hydrogen (secondary N) is 1. The van der Waals surface area contributed by atoms with E-state index in [2.05, 4.69) is 10.5 Å². The quantitative estimate of drug-likeness (QED) is 0.731. The number of carbonyl (C=O) groups excluding carboxylic acids is 1. The fourth-order valence-electron chi connectivity index (χ4n) is 3.38. The van der Waals surface area contributed by atoms with Crippen LogP contribution in [0.3, 0.4) is 0 Å². The third-order valence-corrected chi connectivity index (χ3v) is 5.89. The second-order valence-corrected chi connectivity index (χ2v) is 8.56. The summed E-state index contributed by atoms with van der Waals surface area (Å²) in [5.41, 5.74) is 2.37. The van der Waals surface area contributed by atoms with Gasteiger partial charge in [0, 0.05) is 18.2 Å². The molecule has 1 amide bonds. The largest absolute Gasteiger partial charge is 0.355 e. The lowest BCUT2D eigenvalue weighted by Gasteiger charge is -2.34. The molecule has 28 heavy (non-hydrogen) atoms. The van der Waals surface area contributed by atoms with E-state index in [-0.39, 0.29) is 17.6 Å². The van der Waals surface area contributed by atoms with Crippen LogP contribution in [0.4, 0.5) is 5.69 Å². The molecule has 1 N–H and O–H groups in total. The maximum absolute atomic E-state index is 12.7. The lowest BCUT2D eigenvalue weighted by atomic mass is 9.98.